The van der Waals surface area contributed by atoms with E-state index in [4.69, 9.17) is 10.2 Å². The highest BCUT2D eigenvalue weighted by Crippen LogP contribution is 2.07. The largest absolute Gasteiger partial charge is 0.492 e. The molecule has 0 saturated carbocycles. The maximum Gasteiger partial charge on any atom is 0.328 e. The van der Waals surface area contributed by atoms with E-state index >= 15 is 0 Å². The number of carboxylic acids is 1. The van der Waals surface area contributed by atoms with Crippen molar-refractivity contribution in [1.29, 1.82) is 0 Å². The summed E-state index contributed by atoms with van der Waals surface area (Å²) < 4.78 is 1.52. The third kappa shape index (κ3) is 1.85. The Labute approximate surface area is 68.6 Å². The zero-order valence-electron chi connectivity index (χ0n) is 6.43. The van der Waals surface area contributed by atoms with Crippen LogP contribution < -0.4 is 0 Å². The minimum atomic E-state index is -1.04. The van der Waals surface area contributed by atoms with Crippen LogP contribution in [0, 0.1) is 0 Å². The third-order valence-corrected chi connectivity index (χ3v) is 1.27. The fourth-order valence-electron chi connectivity index (χ4n) is 0.765. The van der Waals surface area contributed by atoms with Gasteiger partial charge in [-0.3, -0.25) is 0 Å². The number of aromatic nitrogens is 2. The minimum Gasteiger partial charge on any atom is -0.492 e. The SMILES string of the molecule is Cn1cc(O)nc1/C=C/C(=O)O. The summed E-state index contributed by atoms with van der Waals surface area (Å²) in [5.41, 5.74) is 0. The summed E-state index contributed by atoms with van der Waals surface area (Å²) in [7, 11) is 1.66. The molecule has 0 fully saturated rings. The fourth-order valence-corrected chi connectivity index (χ4v) is 0.765. The van der Waals surface area contributed by atoms with Crippen LogP contribution in [0.1, 0.15) is 5.82 Å². The van der Waals surface area contributed by atoms with Gasteiger partial charge in [0.1, 0.15) is 5.82 Å². The molecule has 0 amide bonds. The van der Waals surface area contributed by atoms with Gasteiger partial charge < -0.3 is 14.8 Å². The summed E-state index contributed by atoms with van der Waals surface area (Å²) in [6.07, 6.45) is 3.66. The number of hydrogen-bond donors (Lipinski definition) is 2. The molecule has 1 aromatic heterocycles. The highest BCUT2D eigenvalue weighted by atomic mass is 16.4. The van der Waals surface area contributed by atoms with E-state index in [1.54, 1.807) is 7.05 Å². The predicted octanol–water partition coefficient (Wildman–Crippen LogP) is 0.223. The van der Waals surface area contributed by atoms with E-state index in [0.717, 1.165) is 6.08 Å². The topological polar surface area (TPSA) is 75.3 Å². The third-order valence-electron chi connectivity index (χ3n) is 1.27. The first-order valence-electron chi connectivity index (χ1n) is 3.23. The summed E-state index contributed by atoms with van der Waals surface area (Å²) in [6, 6.07) is 0. The van der Waals surface area contributed by atoms with Gasteiger partial charge in [0, 0.05) is 13.1 Å². The van der Waals surface area contributed by atoms with E-state index in [0.29, 0.717) is 5.82 Å². The second-order valence-electron chi connectivity index (χ2n) is 2.24. The molecule has 0 aliphatic rings. The molecule has 1 aromatic rings. The lowest BCUT2D eigenvalue weighted by atomic mass is 10.5. The molecular weight excluding hydrogens is 160 g/mol. The van der Waals surface area contributed by atoms with E-state index in [-0.39, 0.29) is 5.88 Å². The van der Waals surface area contributed by atoms with Gasteiger partial charge in [-0.2, -0.15) is 4.98 Å². The number of imidazole rings is 1. The number of carboxylic acid groups (broad SMARTS) is 1. The first kappa shape index (κ1) is 8.32. The fraction of sp³-hybridized carbons (Fsp3) is 0.143. The van der Waals surface area contributed by atoms with Gasteiger partial charge in [0.2, 0.25) is 5.88 Å². The maximum absolute atomic E-state index is 10.1. The summed E-state index contributed by atoms with van der Waals surface area (Å²) in [6.45, 7) is 0. The first-order chi connectivity index (χ1) is 5.59. The Bertz CT molecular complexity index is 327. The second kappa shape index (κ2) is 3.08. The smallest absolute Gasteiger partial charge is 0.328 e. The molecule has 0 spiro atoms. The second-order valence-corrected chi connectivity index (χ2v) is 2.24. The normalized spacial score (nSPS) is 10.8. The highest BCUT2D eigenvalue weighted by Gasteiger charge is 1.99. The van der Waals surface area contributed by atoms with Crippen molar-refractivity contribution in [3.05, 3.63) is 18.1 Å². The first-order valence-corrected chi connectivity index (χ1v) is 3.23. The van der Waals surface area contributed by atoms with E-state index in [2.05, 4.69) is 4.98 Å². The van der Waals surface area contributed by atoms with Crippen LogP contribution in [-0.2, 0) is 11.8 Å². The van der Waals surface area contributed by atoms with Gasteiger partial charge in [-0.25, -0.2) is 4.79 Å². The Kier molecular flexibility index (Phi) is 2.14. The van der Waals surface area contributed by atoms with Crippen LogP contribution >= 0.6 is 0 Å². The number of rotatable bonds is 2. The number of nitrogens with zero attached hydrogens (tertiary/aromatic N) is 2. The van der Waals surface area contributed by atoms with Crippen molar-refractivity contribution in [3.63, 3.8) is 0 Å². The van der Waals surface area contributed by atoms with Crippen molar-refractivity contribution in [2.24, 2.45) is 7.05 Å². The quantitative estimate of drug-likeness (QED) is 0.619. The van der Waals surface area contributed by atoms with Crippen LogP contribution in [0.3, 0.4) is 0 Å². The van der Waals surface area contributed by atoms with Gasteiger partial charge in [-0.1, -0.05) is 0 Å². The van der Waals surface area contributed by atoms with Gasteiger partial charge >= 0.3 is 5.97 Å². The van der Waals surface area contributed by atoms with Crippen LogP contribution in [0.15, 0.2) is 12.3 Å². The molecule has 0 unspecified atom stereocenters. The van der Waals surface area contributed by atoms with Crippen LogP contribution in [0.5, 0.6) is 5.88 Å². The van der Waals surface area contributed by atoms with Gasteiger partial charge in [0.05, 0.1) is 6.20 Å². The predicted molar refractivity (Wildman–Crippen MR) is 41.5 cm³/mol. The van der Waals surface area contributed by atoms with E-state index in [1.807, 2.05) is 0 Å². The molecular formula is C7H8N2O3. The summed E-state index contributed by atoms with van der Waals surface area (Å²) in [5.74, 6) is -0.769. The molecule has 5 nitrogen and oxygen atoms in total. The molecule has 1 rings (SSSR count). The zero-order valence-corrected chi connectivity index (χ0v) is 6.43. The van der Waals surface area contributed by atoms with Crippen LogP contribution in [0.2, 0.25) is 0 Å². The van der Waals surface area contributed by atoms with Gasteiger partial charge in [-0.05, 0) is 6.08 Å². The van der Waals surface area contributed by atoms with E-state index in [9.17, 15) is 4.79 Å². The van der Waals surface area contributed by atoms with Crippen molar-refractivity contribution >= 4 is 12.0 Å². The van der Waals surface area contributed by atoms with Gasteiger partial charge in [-0.15, -0.1) is 0 Å². The summed E-state index contributed by atoms with van der Waals surface area (Å²) in [4.78, 5) is 13.8. The van der Waals surface area contributed by atoms with Gasteiger partial charge in [0.25, 0.3) is 0 Å². The molecule has 0 atom stereocenters. The van der Waals surface area contributed by atoms with Crippen molar-refractivity contribution in [1.82, 2.24) is 9.55 Å². The zero-order chi connectivity index (χ0) is 9.14. The Morgan fingerprint density at radius 3 is 2.83 bits per heavy atom. The minimum absolute atomic E-state index is 0.123. The number of aryl methyl sites for hydroxylation is 1. The summed E-state index contributed by atoms with van der Waals surface area (Å²) >= 11 is 0. The molecule has 0 radical (unpaired) electrons. The number of carbonyl (C=O) groups is 1. The highest BCUT2D eigenvalue weighted by molar-refractivity contribution is 5.84. The number of hydrogen-bond acceptors (Lipinski definition) is 3. The lowest BCUT2D eigenvalue weighted by Gasteiger charge is -1.90. The molecule has 5 heteroatoms. The lowest BCUT2D eigenvalue weighted by molar-refractivity contribution is -0.131. The standard InChI is InChI=1S/C7H8N2O3/c1-9-4-6(10)8-5(9)2-3-7(11)12/h2-4,10H,1H3,(H,11,12)/b3-2+. The molecule has 2 N–H and O–H groups in total. The average Bonchev–Trinajstić information content (AvgIpc) is 2.26. The lowest BCUT2D eigenvalue weighted by Crippen LogP contribution is -1.91. The van der Waals surface area contributed by atoms with E-state index in [1.165, 1.54) is 16.8 Å². The molecule has 0 aromatic carbocycles. The monoisotopic (exact) mass is 168 g/mol. The number of aromatic hydroxyl groups is 1. The molecule has 0 aliphatic carbocycles. The summed E-state index contributed by atoms with van der Waals surface area (Å²) in [5, 5.41) is 17.2. The Morgan fingerprint density at radius 2 is 2.42 bits per heavy atom. The molecule has 0 aliphatic heterocycles. The van der Waals surface area contributed by atoms with E-state index < -0.39 is 5.97 Å². The van der Waals surface area contributed by atoms with Crippen molar-refractivity contribution < 1.29 is 15.0 Å². The molecule has 0 saturated heterocycles. The Balaban J connectivity index is 2.89. The molecule has 1 heterocycles. The average molecular weight is 168 g/mol. The molecule has 0 bridgehead atoms. The Hall–Kier alpha value is -1.78. The van der Waals surface area contributed by atoms with Gasteiger partial charge in [0.15, 0.2) is 0 Å². The van der Waals surface area contributed by atoms with Crippen molar-refractivity contribution in [3.8, 4) is 5.88 Å². The van der Waals surface area contributed by atoms with Crippen molar-refractivity contribution in [2.75, 3.05) is 0 Å². The maximum atomic E-state index is 10.1. The molecule has 12 heavy (non-hydrogen) atoms. The van der Waals surface area contributed by atoms with Crippen LogP contribution in [0.4, 0.5) is 0 Å². The van der Waals surface area contributed by atoms with Crippen molar-refractivity contribution in [2.45, 2.75) is 0 Å². The molecule has 64 valence electrons. The Morgan fingerprint density at radius 1 is 1.75 bits per heavy atom. The van der Waals surface area contributed by atoms with Crippen LogP contribution in [-0.4, -0.2) is 25.7 Å². The number of aliphatic carboxylic acids is 1. The van der Waals surface area contributed by atoms with Crippen LogP contribution in [0.25, 0.3) is 6.08 Å².